The zero-order valence-corrected chi connectivity index (χ0v) is 13.9. The highest BCUT2D eigenvalue weighted by Gasteiger charge is 2.39. The van der Waals surface area contributed by atoms with Crippen molar-refractivity contribution in [1.29, 1.82) is 0 Å². The van der Waals surface area contributed by atoms with Crippen LogP contribution >= 0.6 is 27.7 Å². The molecule has 2 bridgehead atoms. The molecule has 0 aliphatic heterocycles. The van der Waals surface area contributed by atoms with Gasteiger partial charge in [0, 0.05) is 16.3 Å². The monoisotopic (exact) mass is 353 g/mol. The summed E-state index contributed by atoms with van der Waals surface area (Å²) in [5.41, 5.74) is 1.27. The van der Waals surface area contributed by atoms with Crippen molar-refractivity contribution in [2.45, 2.75) is 37.5 Å². The second-order valence-corrected chi connectivity index (χ2v) is 7.87. The Morgan fingerprint density at radius 3 is 2.70 bits per heavy atom. The Balaban J connectivity index is 1.38. The predicted octanol–water partition coefficient (Wildman–Crippen LogP) is 3.99. The standard InChI is InChI=1S/C16H20BrNOS/c17-14-5-2-11(3-6-14)9-20-10-16(19)18-15-8-12-1-4-13(15)7-12/h2-3,5-6,12-13,15H,1,4,7-10H2,(H,18,19)/t12-,13-,15-/m1/s1. The maximum atomic E-state index is 12.0. The molecule has 0 heterocycles. The third-order valence-electron chi connectivity index (χ3n) is 4.50. The van der Waals surface area contributed by atoms with E-state index in [4.69, 9.17) is 0 Å². The lowest BCUT2D eigenvalue weighted by Gasteiger charge is -2.22. The summed E-state index contributed by atoms with van der Waals surface area (Å²) in [5, 5.41) is 3.24. The summed E-state index contributed by atoms with van der Waals surface area (Å²) < 4.78 is 1.10. The van der Waals surface area contributed by atoms with Gasteiger partial charge in [-0.3, -0.25) is 4.79 Å². The van der Waals surface area contributed by atoms with Crippen LogP contribution in [0, 0.1) is 11.8 Å². The highest BCUT2D eigenvalue weighted by Crippen LogP contribution is 2.44. The van der Waals surface area contributed by atoms with Gasteiger partial charge in [-0.15, -0.1) is 11.8 Å². The quantitative estimate of drug-likeness (QED) is 0.866. The van der Waals surface area contributed by atoms with E-state index in [1.54, 1.807) is 11.8 Å². The van der Waals surface area contributed by atoms with Crippen LogP contribution in [0.4, 0.5) is 0 Å². The lowest BCUT2D eigenvalue weighted by molar-refractivity contribution is -0.119. The van der Waals surface area contributed by atoms with Crippen LogP contribution in [0.25, 0.3) is 0 Å². The normalized spacial score (nSPS) is 27.8. The molecule has 108 valence electrons. The lowest BCUT2D eigenvalue weighted by Crippen LogP contribution is -2.39. The molecule has 0 unspecified atom stereocenters. The number of thioether (sulfide) groups is 1. The van der Waals surface area contributed by atoms with Crippen LogP contribution in [-0.4, -0.2) is 17.7 Å². The van der Waals surface area contributed by atoms with Gasteiger partial charge in [0.2, 0.25) is 5.91 Å². The van der Waals surface area contributed by atoms with Crippen molar-refractivity contribution >= 4 is 33.6 Å². The molecular formula is C16H20BrNOS. The molecule has 0 radical (unpaired) electrons. The number of carbonyl (C=O) groups is 1. The molecule has 2 nitrogen and oxygen atoms in total. The highest BCUT2D eigenvalue weighted by atomic mass is 79.9. The summed E-state index contributed by atoms with van der Waals surface area (Å²) in [6, 6.07) is 8.77. The summed E-state index contributed by atoms with van der Waals surface area (Å²) in [6.07, 6.45) is 5.27. The van der Waals surface area contributed by atoms with E-state index in [1.165, 1.54) is 31.2 Å². The Morgan fingerprint density at radius 1 is 1.25 bits per heavy atom. The van der Waals surface area contributed by atoms with Gasteiger partial charge in [0.05, 0.1) is 5.75 Å². The van der Waals surface area contributed by atoms with E-state index < -0.39 is 0 Å². The molecule has 2 fully saturated rings. The van der Waals surface area contributed by atoms with E-state index >= 15 is 0 Å². The van der Waals surface area contributed by atoms with Crippen molar-refractivity contribution in [3.05, 3.63) is 34.3 Å². The van der Waals surface area contributed by atoms with Gasteiger partial charge in [-0.25, -0.2) is 0 Å². The van der Waals surface area contributed by atoms with E-state index in [-0.39, 0.29) is 5.91 Å². The molecular weight excluding hydrogens is 334 g/mol. The summed E-state index contributed by atoms with van der Waals surface area (Å²) >= 11 is 5.13. The molecule has 3 atom stereocenters. The summed E-state index contributed by atoms with van der Waals surface area (Å²) in [7, 11) is 0. The van der Waals surface area contributed by atoms with E-state index in [9.17, 15) is 4.79 Å². The number of fused-ring (bicyclic) bond motifs is 2. The van der Waals surface area contributed by atoms with Crippen LogP contribution in [0.2, 0.25) is 0 Å². The SMILES string of the molecule is O=C(CSCc1ccc(Br)cc1)N[C@@H]1C[C@@H]2CC[C@@H]1C2. The fourth-order valence-corrected chi connectivity index (χ4v) is 4.58. The van der Waals surface area contributed by atoms with E-state index in [1.807, 2.05) is 12.1 Å². The Hall–Kier alpha value is -0.480. The molecule has 3 rings (SSSR count). The Labute approximate surface area is 133 Å². The third-order valence-corrected chi connectivity index (χ3v) is 6.03. The van der Waals surface area contributed by atoms with E-state index in [2.05, 4.69) is 33.4 Å². The average molecular weight is 354 g/mol. The Morgan fingerprint density at radius 2 is 2.05 bits per heavy atom. The summed E-state index contributed by atoms with van der Waals surface area (Å²) in [4.78, 5) is 12.0. The second kappa shape index (κ2) is 6.52. The summed E-state index contributed by atoms with van der Waals surface area (Å²) in [6.45, 7) is 0. The minimum absolute atomic E-state index is 0.213. The first-order valence-corrected chi connectivity index (χ1v) is 9.27. The number of carbonyl (C=O) groups excluding carboxylic acids is 1. The zero-order chi connectivity index (χ0) is 13.9. The number of hydrogen-bond acceptors (Lipinski definition) is 2. The van der Waals surface area contributed by atoms with Crippen molar-refractivity contribution in [1.82, 2.24) is 5.32 Å². The van der Waals surface area contributed by atoms with Crippen LogP contribution in [0.15, 0.2) is 28.7 Å². The van der Waals surface area contributed by atoms with Gasteiger partial charge in [0.1, 0.15) is 0 Å². The third kappa shape index (κ3) is 3.59. The van der Waals surface area contributed by atoms with Gasteiger partial charge in [-0.2, -0.15) is 0 Å². The molecule has 0 saturated heterocycles. The van der Waals surface area contributed by atoms with E-state index in [0.29, 0.717) is 11.8 Å². The smallest absolute Gasteiger partial charge is 0.230 e. The molecule has 1 amide bonds. The minimum atomic E-state index is 0.213. The van der Waals surface area contributed by atoms with E-state index in [0.717, 1.165) is 22.1 Å². The van der Waals surface area contributed by atoms with Crippen molar-refractivity contribution in [3.63, 3.8) is 0 Å². The maximum Gasteiger partial charge on any atom is 0.230 e. The summed E-state index contributed by atoms with van der Waals surface area (Å²) in [5.74, 6) is 3.34. The fourth-order valence-electron chi connectivity index (χ4n) is 3.51. The molecule has 2 aliphatic rings. The van der Waals surface area contributed by atoms with Gasteiger partial charge >= 0.3 is 0 Å². The molecule has 4 heteroatoms. The highest BCUT2D eigenvalue weighted by molar-refractivity contribution is 9.10. The van der Waals surface area contributed by atoms with Crippen LogP contribution in [0.5, 0.6) is 0 Å². The first kappa shape index (κ1) is 14.5. The van der Waals surface area contributed by atoms with Crippen LogP contribution < -0.4 is 5.32 Å². The first-order chi connectivity index (χ1) is 9.70. The molecule has 1 aromatic carbocycles. The molecule has 0 spiro atoms. The lowest BCUT2D eigenvalue weighted by atomic mass is 9.95. The molecule has 20 heavy (non-hydrogen) atoms. The van der Waals surface area contributed by atoms with Crippen LogP contribution in [-0.2, 0) is 10.5 Å². The number of amides is 1. The van der Waals surface area contributed by atoms with Gasteiger partial charge in [0.25, 0.3) is 0 Å². The van der Waals surface area contributed by atoms with Gasteiger partial charge < -0.3 is 5.32 Å². The zero-order valence-electron chi connectivity index (χ0n) is 11.5. The molecule has 1 N–H and O–H groups in total. The van der Waals surface area contributed by atoms with Crippen molar-refractivity contribution in [3.8, 4) is 0 Å². The van der Waals surface area contributed by atoms with Crippen molar-refractivity contribution in [2.24, 2.45) is 11.8 Å². The van der Waals surface area contributed by atoms with Crippen LogP contribution in [0.1, 0.15) is 31.2 Å². The van der Waals surface area contributed by atoms with Crippen LogP contribution in [0.3, 0.4) is 0 Å². The number of benzene rings is 1. The largest absolute Gasteiger partial charge is 0.352 e. The molecule has 2 aliphatic carbocycles. The van der Waals surface area contributed by atoms with Gasteiger partial charge in [-0.05, 0) is 48.8 Å². The number of rotatable bonds is 5. The Bertz CT molecular complexity index is 476. The average Bonchev–Trinajstić information content (AvgIpc) is 3.03. The van der Waals surface area contributed by atoms with Gasteiger partial charge in [0.15, 0.2) is 0 Å². The molecule has 2 saturated carbocycles. The maximum absolute atomic E-state index is 12.0. The number of halogens is 1. The topological polar surface area (TPSA) is 29.1 Å². The van der Waals surface area contributed by atoms with Crippen molar-refractivity contribution in [2.75, 3.05) is 5.75 Å². The Kier molecular flexibility index (Phi) is 4.72. The molecule has 0 aromatic heterocycles. The minimum Gasteiger partial charge on any atom is -0.352 e. The first-order valence-electron chi connectivity index (χ1n) is 7.32. The number of hydrogen-bond donors (Lipinski definition) is 1. The fraction of sp³-hybridized carbons (Fsp3) is 0.562. The predicted molar refractivity (Wildman–Crippen MR) is 87.7 cm³/mol. The van der Waals surface area contributed by atoms with Gasteiger partial charge in [-0.1, -0.05) is 34.5 Å². The second-order valence-electron chi connectivity index (χ2n) is 5.97. The number of nitrogens with one attached hydrogen (secondary N) is 1. The van der Waals surface area contributed by atoms with Crippen molar-refractivity contribution < 1.29 is 4.79 Å². The molecule has 1 aromatic rings.